The molecule has 92 valence electrons. The van der Waals surface area contributed by atoms with E-state index >= 15 is 0 Å². The van der Waals surface area contributed by atoms with Gasteiger partial charge in [0.25, 0.3) is 0 Å². The largest absolute Gasteiger partial charge is 0.398 e. The Morgan fingerprint density at radius 3 is 2.61 bits per heavy atom. The maximum Gasteiger partial charge on any atom is 0.0706 e. The van der Waals surface area contributed by atoms with Crippen molar-refractivity contribution in [2.45, 2.75) is 19.8 Å². The molecule has 0 amide bonds. The number of nitrogens with one attached hydrogen (secondary N) is 1. The number of hydrogen-bond donors (Lipinski definition) is 2. The van der Waals surface area contributed by atoms with Crippen molar-refractivity contribution in [2.75, 3.05) is 5.73 Å². The number of pyridine rings is 1. The van der Waals surface area contributed by atoms with Crippen molar-refractivity contribution in [1.29, 1.82) is 5.41 Å². The Morgan fingerprint density at radius 1 is 1.22 bits per heavy atom. The van der Waals surface area contributed by atoms with Crippen LogP contribution in [0.25, 0.3) is 0 Å². The third kappa shape index (κ3) is 2.56. The van der Waals surface area contributed by atoms with Gasteiger partial charge >= 0.3 is 0 Å². The number of hydrogen-bond acceptors (Lipinski definition) is 3. The van der Waals surface area contributed by atoms with Gasteiger partial charge in [0.15, 0.2) is 0 Å². The van der Waals surface area contributed by atoms with E-state index in [0.717, 1.165) is 24.0 Å². The van der Waals surface area contributed by atoms with Gasteiger partial charge in [-0.2, -0.15) is 0 Å². The molecular weight excluding hydrogens is 222 g/mol. The Kier molecular flexibility index (Phi) is 3.72. The summed E-state index contributed by atoms with van der Waals surface area (Å²) in [6, 6.07) is 9.59. The van der Waals surface area contributed by atoms with Gasteiger partial charge in [0.1, 0.15) is 0 Å². The number of aromatic nitrogens is 1. The second-order valence-corrected chi connectivity index (χ2v) is 4.28. The van der Waals surface area contributed by atoms with Crippen LogP contribution in [-0.4, -0.2) is 10.7 Å². The van der Waals surface area contributed by atoms with Gasteiger partial charge in [-0.05, 0) is 36.2 Å². The second kappa shape index (κ2) is 5.45. The minimum absolute atomic E-state index is 0.452. The van der Waals surface area contributed by atoms with E-state index in [1.807, 2.05) is 30.3 Å². The lowest BCUT2D eigenvalue weighted by Gasteiger charge is -2.10. The zero-order valence-electron chi connectivity index (χ0n) is 10.5. The minimum Gasteiger partial charge on any atom is -0.398 e. The molecule has 3 nitrogen and oxygen atoms in total. The van der Waals surface area contributed by atoms with Crippen LogP contribution >= 0.6 is 0 Å². The predicted molar refractivity (Wildman–Crippen MR) is 75.0 cm³/mol. The van der Waals surface area contributed by atoms with Gasteiger partial charge in [-0.1, -0.05) is 19.4 Å². The van der Waals surface area contributed by atoms with E-state index in [2.05, 4.69) is 11.9 Å². The van der Waals surface area contributed by atoms with Gasteiger partial charge in [-0.3, -0.25) is 10.4 Å². The first-order chi connectivity index (χ1) is 8.72. The third-order valence-corrected chi connectivity index (χ3v) is 2.89. The fourth-order valence-electron chi connectivity index (χ4n) is 1.94. The number of benzene rings is 1. The Bertz CT molecular complexity index is 547. The number of aryl methyl sites for hydroxylation is 1. The van der Waals surface area contributed by atoms with Crippen LogP contribution in [0.1, 0.15) is 30.0 Å². The lowest BCUT2D eigenvalue weighted by Crippen LogP contribution is -2.06. The zero-order valence-corrected chi connectivity index (χ0v) is 10.5. The van der Waals surface area contributed by atoms with Crippen molar-refractivity contribution in [1.82, 2.24) is 4.98 Å². The SMILES string of the molecule is CCCc1ccc(N)c(C(=N)c2ccncc2)c1. The molecule has 1 aromatic carbocycles. The highest BCUT2D eigenvalue weighted by Crippen LogP contribution is 2.19. The van der Waals surface area contributed by atoms with E-state index < -0.39 is 0 Å². The Morgan fingerprint density at radius 2 is 1.94 bits per heavy atom. The molecule has 3 heteroatoms. The van der Waals surface area contributed by atoms with Gasteiger partial charge in [0, 0.05) is 29.2 Å². The average molecular weight is 239 g/mol. The monoisotopic (exact) mass is 239 g/mol. The molecule has 0 radical (unpaired) electrons. The number of nitrogens with zero attached hydrogens (tertiary/aromatic N) is 1. The summed E-state index contributed by atoms with van der Waals surface area (Å²) in [5.74, 6) is 0. The normalized spacial score (nSPS) is 10.3. The van der Waals surface area contributed by atoms with Crippen molar-refractivity contribution in [3.63, 3.8) is 0 Å². The molecule has 0 aliphatic rings. The minimum atomic E-state index is 0.452. The lowest BCUT2D eigenvalue weighted by atomic mass is 9.98. The number of rotatable bonds is 4. The third-order valence-electron chi connectivity index (χ3n) is 2.89. The van der Waals surface area contributed by atoms with Crippen LogP contribution in [0.3, 0.4) is 0 Å². The summed E-state index contributed by atoms with van der Waals surface area (Å²) in [5.41, 5.74) is 9.93. The molecule has 2 rings (SSSR count). The van der Waals surface area contributed by atoms with E-state index in [9.17, 15) is 0 Å². The Labute approximate surface area is 107 Å². The molecule has 0 aliphatic carbocycles. The fourth-order valence-corrected chi connectivity index (χ4v) is 1.94. The summed E-state index contributed by atoms with van der Waals surface area (Å²) in [7, 11) is 0. The van der Waals surface area contributed by atoms with Crippen LogP contribution in [0.2, 0.25) is 0 Å². The van der Waals surface area contributed by atoms with Crippen LogP contribution in [-0.2, 0) is 6.42 Å². The molecule has 0 spiro atoms. The molecular formula is C15H17N3. The van der Waals surface area contributed by atoms with Gasteiger partial charge in [0.2, 0.25) is 0 Å². The van der Waals surface area contributed by atoms with Crippen LogP contribution in [0.5, 0.6) is 0 Å². The van der Waals surface area contributed by atoms with Gasteiger partial charge in [-0.25, -0.2) is 0 Å². The van der Waals surface area contributed by atoms with E-state index in [1.54, 1.807) is 12.4 Å². The molecule has 1 heterocycles. The van der Waals surface area contributed by atoms with Crippen LogP contribution in [0.4, 0.5) is 5.69 Å². The predicted octanol–water partition coefficient (Wildman–Crippen LogP) is 3.03. The van der Waals surface area contributed by atoms with E-state index in [0.29, 0.717) is 11.4 Å². The summed E-state index contributed by atoms with van der Waals surface area (Å²) in [6.07, 6.45) is 5.48. The summed E-state index contributed by atoms with van der Waals surface area (Å²) in [4.78, 5) is 3.96. The molecule has 0 atom stereocenters. The van der Waals surface area contributed by atoms with Crippen LogP contribution < -0.4 is 5.73 Å². The van der Waals surface area contributed by atoms with Gasteiger partial charge in [-0.15, -0.1) is 0 Å². The standard InChI is InChI=1S/C15H17N3/c1-2-3-11-4-5-14(16)13(10-11)15(17)12-6-8-18-9-7-12/h4-10,17H,2-3,16H2,1H3. The molecule has 0 aliphatic heterocycles. The molecule has 2 aromatic rings. The highest BCUT2D eigenvalue weighted by atomic mass is 14.6. The summed E-state index contributed by atoms with van der Waals surface area (Å²) in [5, 5.41) is 8.23. The first-order valence-corrected chi connectivity index (χ1v) is 6.10. The summed E-state index contributed by atoms with van der Waals surface area (Å²) >= 11 is 0. The topological polar surface area (TPSA) is 62.8 Å². The van der Waals surface area contributed by atoms with Crippen molar-refractivity contribution in [3.8, 4) is 0 Å². The molecule has 0 saturated heterocycles. The van der Waals surface area contributed by atoms with Gasteiger partial charge < -0.3 is 5.73 Å². The van der Waals surface area contributed by atoms with E-state index in [4.69, 9.17) is 11.1 Å². The fraction of sp³-hybridized carbons (Fsp3) is 0.200. The second-order valence-electron chi connectivity index (χ2n) is 4.28. The van der Waals surface area contributed by atoms with Crippen molar-refractivity contribution in [2.24, 2.45) is 0 Å². The first kappa shape index (κ1) is 12.3. The quantitative estimate of drug-likeness (QED) is 0.636. The van der Waals surface area contributed by atoms with E-state index in [1.165, 1.54) is 5.56 Å². The first-order valence-electron chi connectivity index (χ1n) is 6.10. The number of nitrogens with two attached hydrogens (primary N) is 1. The molecule has 0 fully saturated rings. The number of nitrogen functional groups attached to an aromatic ring is 1. The molecule has 0 unspecified atom stereocenters. The molecule has 3 N–H and O–H groups in total. The van der Waals surface area contributed by atoms with Crippen molar-refractivity contribution in [3.05, 3.63) is 59.4 Å². The summed E-state index contributed by atoms with van der Waals surface area (Å²) in [6.45, 7) is 2.14. The van der Waals surface area contributed by atoms with Crippen LogP contribution in [0, 0.1) is 5.41 Å². The highest BCUT2D eigenvalue weighted by molar-refractivity contribution is 6.13. The zero-order chi connectivity index (χ0) is 13.0. The summed E-state index contributed by atoms with van der Waals surface area (Å²) < 4.78 is 0. The molecule has 18 heavy (non-hydrogen) atoms. The number of anilines is 1. The maximum absolute atomic E-state index is 8.23. The van der Waals surface area contributed by atoms with Crippen molar-refractivity contribution < 1.29 is 0 Å². The molecule has 0 bridgehead atoms. The molecule has 1 aromatic heterocycles. The molecule has 0 saturated carbocycles. The maximum atomic E-state index is 8.23. The Hall–Kier alpha value is -2.16. The van der Waals surface area contributed by atoms with Crippen LogP contribution in [0.15, 0.2) is 42.7 Å². The highest BCUT2D eigenvalue weighted by Gasteiger charge is 2.09. The Balaban J connectivity index is 2.38. The average Bonchev–Trinajstić information content (AvgIpc) is 2.41. The van der Waals surface area contributed by atoms with Crippen molar-refractivity contribution >= 4 is 11.4 Å². The smallest absolute Gasteiger partial charge is 0.0706 e. The van der Waals surface area contributed by atoms with E-state index in [-0.39, 0.29) is 0 Å². The lowest BCUT2D eigenvalue weighted by molar-refractivity contribution is 0.922. The van der Waals surface area contributed by atoms with Gasteiger partial charge in [0.05, 0.1) is 5.71 Å².